The van der Waals surface area contributed by atoms with Crippen LogP contribution in [0.2, 0.25) is 0 Å². The number of aryl methyl sites for hydroxylation is 1. The van der Waals surface area contributed by atoms with Crippen molar-refractivity contribution in [2.45, 2.75) is 13.3 Å². The minimum Gasteiger partial charge on any atom is -0.507 e. The van der Waals surface area contributed by atoms with Crippen LogP contribution >= 0.6 is 0 Å². The zero-order valence-corrected chi connectivity index (χ0v) is 10.1. The van der Waals surface area contributed by atoms with Crippen molar-refractivity contribution in [3.63, 3.8) is 0 Å². The summed E-state index contributed by atoms with van der Waals surface area (Å²) in [5.74, 6) is -0.717. The second kappa shape index (κ2) is 4.92. The molecule has 0 unspecified atom stereocenters. The molecule has 0 saturated carbocycles. The molecule has 2 N–H and O–H groups in total. The summed E-state index contributed by atoms with van der Waals surface area (Å²) >= 11 is 0. The molecule has 0 aliphatic heterocycles. The summed E-state index contributed by atoms with van der Waals surface area (Å²) < 4.78 is 0. The fraction of sp³-hybridized carbons (Fsp3) is 0.133. The van der Waals surface area contributed by atoms with Crippen LogP contribution in [-0.2, 0) is 11.2 Å². The summed E-state index contributed by atoms with van der Waals surface area (Å²) in [6.07, 6.45) is -0.0426. The Morgan fingerprint density at radius 1 is 1.17 bits per heavy atom. The highest BCUT2D eigenvalue weighted by atomic mass is 16.4. The maximum absolute atomic E-state index is 10.7. The van der Waals surface area contributed by atoms with Crippen molar-refractivity contribution in [3.8, 4) is 16.9 Å². The lowest BCUT2D eigenvalue weighted by atomic mass is 9.99. The highest BCUT2D eigenvalue weighted by Crippen LogP contribution is 2.30. The molecule has 0 aliphatic carbocycles. The van der Waals surface area contributed by atoms with Gasteiger partial charge in [-0.15, -0.1) is 0 Å². The van der Waals surface area contributed by atoms with Gasteiger partial charge in [-0.05, 0) is 30.2 Å². The minimum atomic E-state index is -0.879. The maximum Gasteiger partial charge on any atom is 0.307 e. The predicted molar refractivity (Wildman–Crippen MR) is 69.6 cm³/mol. The van der Waals surface area contributed by atoms with E-state index in [1.165, 1.54) is 6.07 Å². The summed E-state index contributed by atoms with van der Waals surface area (Å²) in [6.45, 7) is 1.97. The Labute approximate surface area is 105 Å². The first-order valence-corrected chi connectivity index (χ1v) is 5.67. The third kappa shape index (κ3) is 2.69. The number of carboxylic acid groups (broad SMARTS) is 1. The van der Waals surface area contributed by atoms with Crippen molar-refractivity contribution < 1.29 is 15.0 Å². The van der Waals surface area contributed by atoms with Crippen LogP contribution in [-0.4, -0.2) is 16.2 Å². The molecule has 0 heterocycles. The van der Waals surface area contributed by atoms with Crippen LogP contribution in [0.1, 0.15) is 11.1 Å². The number of benzene rings is 2. The van der Waals surface area contributed by atoms with Crippen molar-refractivity contribution in [1.82, 2.24) is 0 Å². The van der Waals surface area contributed by atoms with Crippen molar-refractivity contribution in [1.29, 1.82) is 0 Å². The van der Waals surface area contributed by atoms with E-state index in [1.54, 1.807) is 12.1 Å². The van der Waals surface area contributed by atoms with E-state index >= 15 is 0 Å². The van der Waals surface area contributed by atoms with Crippen molar-refractivity contribution in [2.75, 3.05) is 0 Å². The number of carboxylic acids is 1. The Hall–Kier alpha value is -2.29. The summed E-state index contributed by atoms with van der Waals surface area (Å²) in [4.78, 5) is 10.7. The molecule has 2 aromatic rings. The molecular formula is C15H14O3. The first-order chi connectivity index (χ1) is 8.56. The molecule has 0 saturated heterocycles. The number of hydrogen-bond acceptors (Lipinski definition) is 2. The molecule has 0 bridgehead atoms. The van der Waals surface area contributed by atoms with Gasteiger partial charge in [0.15, 0.2) is 0 Å². The van der Waals surface area contributed by atoms with Gasteiger partial charge in [0, 0.05) is 5.56 Å². The van der Waals surface area contributed by atoms with Crippen LogP contribution in [0.4, 0.5) is 0 Å². The van der Waals surface area contributed by atoms with E-state index in [-0.39, 0.29) is 12.2 Å². The van der Waals surface area contributed by atoms with E-state index in [4.69, 9.17) is 5.11 Å². The van der Waals surface area contributed by atoms with Gasteiger partial charge in [0.05, 0.1) is 6.42 Å². The lowest BCUT2D eigenvalue weighted by Gasteiger charge is -2.08. The second-order valence-electron chi connectivity index (χ2n) is 4.29. The molecule has 0 fully saturated rings. The predicted octanol–water partition coefficient (Wildman–Crippen LogP) is 2.99. The number of aromatic hydroxyl groups is 1. The van der Waals surface area contributed by atoms with Crippen LogP contribution in [0.3, 0.4) is 0 Å². The normalized spacial score (nSPS) is 10.3. The summed E-state index contributed by atoms with van der Waals surface area (Å²) in [5.41, 5.74) is 3.32. The summed E-state index contributed by atoms with van der Waals surface area (Å²) in [5, 5.41) is 18.6. The average molecular weight is 242 g/mol. The van der Waals surface area contributed by atoms with E-state index in [9.17, 15) is 9.90 Å². The first kappa shape index (κ1) is 12.2. The van der Waals surface area contributed by atoms with Crippen molar-refractivity contribution >= 4 is 5.97 Å². The van der Waals surface area contributed by atoms with Gasteiger partial charge in [-0.1, -0.05) is 35.9 Å². The Bertz CT molecular complexity index is 588. The highest BCUT2D eigenvalue weighted by Gasteiger charge is 2.08. The highest BCUT2D eigenvalue weighted by molar-refractivity contribution is 5.75. The minimum absolute atomic E-state index is 0.0426. The van der Waals surface area contributed by atoms with Crippen molar-refractivity contribution in [2.24, 2.45) is 0 Å². The third-order valence-corrected chi connectivity index (χ3v) is 2.75. The largest absolute Gasteiger partial charge is 0.507 e. The van der Waals surface area contributed by atoms with Gasteiger partial charge in [0.1, 0.15) is 5.75 Å². The number of rotatable bonds is 3. The number of phenolic OH excluding ortho intramolecular Hbond substituents is 1. The third-order valence-electron chi connectivity index (χ3n) is 2.75. The molecule has 0 radical (unpaired) electrons. The molecule has 2 aromatic carbocycles. The average Bonchev–Trinajstić information content (AvgIpc) is 2.31. The first-order valence-electron chi connectivity index (χ1n) is 5.67. The van der Waals surface area contributed by atoms with E-state index in [1.807, 2.05) is 31.2 Å². The van der Waals surface area contributed by atoms with Gasteiger partial charge < -0.3 is 10.2 Å². The van der Waals surface area contributed by atoms with E-state index in [0.717, 1.165) is 11.1 Å². The number of aliphatic carboxylic acids is 1. The molecule has 18 heavy (non-hydrogen) atoms. The van der Waals surface area contributed by atoms with Gasteiger partial charge in [-0.25, -0.2) is 0 Å². The Morgan fingerprint density at radius 3 is 2.61 bits per heavy atom. The molecule has 0 spiro atoms. The van der Waals surface area contributed by atoms with Crippen LogP contribution < -0.4 is 0 Å². The lowest BCUT2D eigenvalue weighted by molar-refractivity contribution is -0.136. The monoisotopic (exact) mass is 242 g/mol. The molecule has 0 atom stereocenters. The van der Waals surface area contributed by atoms with E-state index in [0.29, 0.717) is 11.1 Å². The SMILES string of the molecule is Cc1cccc(-c2cc(CC(=O)O)ccc2O)c1. The molecule has 3 nitrogen and oxygen atoms in total. The second-order valence-corrected chi connectivity index (χ2v) is 4.29. The zero-order valence-electron chi connectivity index (χ0n) is 10.1. The molecule has 0 aliphatic rings. The van der Waals surface area contributed by atoms with Crippen molar-refractivity contribution in [3.05, 3.63) is 53.6 Å². The topological polar surface area (TPSA) is 57.5 Å². The standard InChI is InChI=1S/C15H14O3/c1-10-3-2-4-12(7-10)13-8-11(9-15(17)18)5-6-14(13)16/h2-8,16H,9H2,1H3,(H,17,18). The zero-order chi connectivity index (χ0) is 13.1. The lowest BCUT2D eigenvalue weighted by Crippen LogP contribution is -1.99. The molecule has 0 amide bonds. The maximum atomic E-state index is 10.7. The Balaban J connectivity index is 2.46. The molecule has 0 aromatic heterocycles. The smallest absolute Gasteiger partial charge is 0.307 e. The van der Waals surface area contributed by atoms with E-state index in [2.05, 4.69) is 0 Å². The number of hydrogen-bond donors (Lipinski definition) is 2. The number of carbonyl (C=O) groups is 1. The van der Waals surface area contributed by atoms with Gasteiger partial charge in [-0.2, -0.15) is 0 Å². The molecule has 3 heteroatoms. The molecule has 92 valence electrons. The van der Waals surface area contributed by atoms with Gasteiger partial charge >= 0.3 is 5.97 Å². The van der Waals surface area contributed by atoms with Crippen LogP contribution in [0, 0.1) is 6.92 Å². The van der Waals surface area contributed by atoms with E-state index < -0.39 is 5.97 Å². The summed E-state index contributed by atoms with van der Waals surface area (Å²) in [7, 11) is 0. The van der Waals surface area contributed by atoms with Crippen LogP contribution in [0.25, 0.3) is 11.1 Å². The summed E-state index contributed by atoms with van der Waals surface area (Å²) in [6, 6.07) is 12.6. The quantitative estimate of drug-likeness (QED) is 0.869. The van der Waals surface area contributed by atoms with Gasteiger partial charge in [0.25, 0.3) is 0 Å². The fourth-order valence-corrected chi connectivity index (χ4v) is 1.91. The number of phenols is 1. The van der Waals surface area contributed by atoms with Gasteiger partial charge in [0.2, 0.25) is 0 Å². The Kier molecular flexibility index (Phi) is 3.33. The van der Waals surface area contributed by atoms with Gasteiger partial charge in [-0.3, -0.25) is 4.79 Å². The Morgan fingerprint density at radius 2 is 1.94 bits per heavy atom. The molecule has 2 rings (SSSR count). The molecular weight excluding hydrogens is 228 g/mol. The van der Waals surface area contributed by atoms with Crippen LogP contribution in [0.5, 0.6) is 5.75 Å². The fourth-order valence-electron chi connectivity index (χ4n) is 1.91. The van der Waals surface area contributed by atoms with Crippen LogP contribution in [0.15, 0.2) is 42.5 Å².